The first kappa shape index (κ1) is 26.7. The quantitative estimate of drug-likeness (QED) is 0.445. The smallest absolute Gasteiger partial charge is 0.317 e. The van der Waals surface area contributed by atoms with E-state index in [1.165, 1.54) is 19.1 Å². The van der Waals surface area contributed by atoms with Crippen LogP contribution >= 0.6 is 0 Å². The Kier molecular flexibility index (Phi) is 6.40. The number of piperidine rings is 1. The lowest BCUT2D eigenvalue weighted by atomic mass is 9.68. The number of pyridine rings is 1. The fourth-order valence-corrected chi connectivity index (χ4v) is 9.25. The molecule has 2 atom stereocenters. The molecule has 2 amide bonds. The highest BCUT2D eigenvalue weighted by atomic mass is 32.2. The molecule has 208 valence electrons. The number of hydrogen-bond acceptors (Lipinski definition) is 6. The number of amides is 2. The van der Waals surface area contributed by atoms with Crippen LogP contribution in [0.2, 0.25) is 0 Å². The van der Waals surface area contributed by atoms with Crippen molar-refractivity contribution in [3.8, 4) is 0 Å². The summed E-state index contributed by atoms with van der Waals surface area (Å²) in [6.45, 7) is 4.51. The minimum Gasteiger partial charge on any atom is -0.317 e. The molecule has 3 heterocycles. The number of rotatable bonds is 5. The predicted octanol–water partition coefficient (Wildman–Crippen LogP) is 4.44. The molecule has 0 radical (unpaired) electrons. The fourth-order valence-electron chi connectivity index (χ4n) is 7.01. The number of nitrogens with zero attached hydrogens (tertiary/aromatic N) is 2. The Morgan fingerprint density at radius 3 is 2.38 bits per heavy atom. The van der Waals surface area contributed by atoms with E-state index < -0.39 is 37.1 Å². The Balaban J connectivity index is 1.57. The average Bonchev–Trinajstić information content (AvgIpc) is 3.73. The second-order valence-corrected chi connectivity index (χ2v) is 13.1. The van der Waals surface area contributed by atoms with Crippen molar-refractivity contribution in [1.29, 1.82) is 0 Å². The molecule has 2 unspecified atom stereocenters. The predicted molar refractivity (Wildman–Crippen MR) is 150 cm³/mol. The zero-order chi connectivity index (χ0) is 28.3. The lowest BCUT2D eigenvalue weighted by molar-refractivity contribution is -0.126. The Hall–Kier alpha value is -3.47. The second-order valence-electron chi connectivity index (χ2n) is 11.1. The molecule has 1 aromatic heterocycles. The van der Waals surface area contributed by atoms with Crippen LogP contribution in [0.15, 0.2) is 65.6 Å². The fraction of sp³-hybridized carbons (Fsp3) is 0.367. The zero-order valence-electron chi connectivity index (χ0n) is 22.5. The van der Waals surface area contributed by atoms with Crippen molar-refractivity contribution in [2.24, 2.45) is 5.92 Å². The van der Waals surface area contributed by atoms with Gasteiger partial charge in [0, 0.05) is 28.8 Å². The molecule has 2 aromatic carbocycles. The number of halogens is 1. The van der Waals surface area contributed by atoms with Crippen LogP contribution in [0.1, 0.15) is 54.2 Å². The van der Waals surface area contributed by atoms with Crippen molar-refractivity contribution < 1.29 is 22.4 Å². The van der Waals surface area contributed by atoms with Gasteiger partial charge in [-0.2, -0.15) is 8.42 Å². The molecule has 3 aromatic rings. The molecule has 2 fully saturated rings. The number of aryl methyl sites for hydroxylation is 1. The van der Waals surface area contributed by atoms with Crippen molar-refractivity contribution in [3.05, 3.63) is 83.3 Å². The molecule has 1 saturated heterocycles. The van der Waals surface area contributed by atoms with Crippen molar-refractivity contribution in [3.63, 3.8) is 0 Å². The summed E-state index contributed by atoms with van der Waals surface area (Å²) in [5, 5.41) is 6.23. The monoisotopic (exact) mass is 563 g/mol. The van der Waals surface area contributed by atoms with Gasteiger partial charge in [-0.05, 0) is 94.2 Å². The van der Waals surface area contributed by atoms with Crippen LogP contribution in [-0.2, 0) is 20.2 Å². The van der Waals surface area contributed by atoms with Crippen molar-refractivity contribution in [1.82, 2.24) is 14.2 Å². The summed E-state index contributed by atoms with van der Waals surface area (Å²) in [5.74, 6) is -0.965. The van der Waals surface area contributed by atoms with Gasteiger partial charge in [0.2, 0.25) is 0 Å². The third-order valence-corrected chi connectivity index (χ3v) is 11.1. The number of anilines is 1. The second kappa shape index (κ2) is 9.57. The topological polar surface area (TPSA) is 105 Å². The van der Waals surface area contributed by atoms with E-state index >= 15 is 0 Å². The van der Waals surface area contributed by atoms with Crippen LogP contribution in [0, 0.1) is 18.7 Å². The first-order chi connectivity index (χ1) is 19.1. The van der Waals surface area contributed by atoms with Gasteiger partial charge in [-0.1, -0.05) is 6.07 Å². The number of benzene rings is 2. The van der Waals surface area contributed by atoms with Gasteiger partial charge in [0.1, 0.15) is 22.6 Å². The van der Waals surface area contributed by atoms with E-state index in [0.717, 1.165) is 36.2 Å². The van der Waals surface area contributed by atoms with Crippen LogP contribution in [0.4, 0.5) is 15.9 Å². The van der Waals surface area contributed by atoms with Crippen molar-refractivity contribution in [2.45, 2.75) is 55.9 Å². The number of aromatic nitrogens is 1. The summed E-state index contributed by atoms with van der Waals surface area (Å²) in [5.41, 5.74) is 1.63. The van der Waals surface area contributed by atoms with Gasteiger partial charge in [-0.25, -0.2) is 14.2 Å². The van der Waals surface area contributed by atoms with Gasteiger partial charge in [0.25, 0.3) is 5.91 Å². The Morgan fingerprint density at radius 1 is 1.05 bits per heavy atom. The lowest BCUT2D eigenvalue weighted by Crippen LogP contribution is -2.67. The van der Waals surface area contributed by atoms with E-state index in [2.05, 4.69) is 15.6 Å². The number of carbonyl (C=O) groups excluding carboxylic acids is 2. The number of carbonyl (C=O) groups is 2. The molecule has 2 aliphatic heterocycles. The summed E-state index contributed by atoms with van der Waals surface area (Å²) in [6, 6.07) is 14.5. The molecule has 6 rings (SSSR count). The van der Waals surface area contributed by atoms with E-state index in [-0.39, 0.29) is 16.7 Å². The lowest BCUT2D eigenvalue weighted by Gasteiger charge is -2.43. The molecule has 1 spiro atoms. The summed E-state index contributed by atoms with van der Waals surface area (Å²) in [7, 11) is -4.36. The van der Waals surface area contributed by atoms with E-state index in [9.17, 15) is 22.4 Å². The summed E-state index contributed by atoms with van der Waals surface area (Å²) in [6.07, 6.45) is 2.93. The maximum atomic E-state index is 14.7. The van der Waals surface area contributed by atoms with Crippen LogP contribution in [0.25, 0.3) is 0 Å². The van der Waals surface area contributed by atoms with E-state index in [1.807, 2.05) is 19.1 Å². The largest absolute Gasteiger partial charge is 0.339 e. The summed E-state index contributed by atoms with van der Waals surface area (Å²) in [4.78, 5) is 31.5. The highest BCUT2D eigenvalue weighted by Gasteiger charge is 2.73. The molecule has 3 aliphatic rings. The number of sulfonamides is 1. The zero-order valence-corrected chi connectivity index (χ0v) is 23.3. The highest BCUT2D eigenvalue weighted by molar-refractivity contribution is 7.91. The first-order valence-corrected chi connectivity index (χ1v) is 15.1. The van der Waals surface area contributed by atoms with Crippen LogP contribution in [0.3, 0.4) is 0 Å². The first-order valence-electron chi connectivity index (χ1n) is 13.6. The van der Waals surface area contributed by atoms with Crippen molar-refractivity contribution in [2.75, 3.05) is 18.4 Å². The van der Waals surface area contributed by atoms with E-state index in [4.69, 9.17) is 0 Å². The normalized spacial score (nSPS) is 23.5. The number of fused-ring (bicyclic) bond motifs is 2. The molecular formula is C30H32FN4O4S+. The highest BCUT2D eigenvalue weighted by Crippen LogP contribution is 2.62. The Morgan fingerprint density at radius 2 is 1.75 bits per heavy atom. The third-order valence-electron chi connectivity index (χ3n) is 8.76. The maximum Gasteiger partial charge on any atom is 0.339 e. The minimum absolute atomic E-state index is 0.0263. The van der Waals surface area contributed by atoms with Crippen LogP contribution in [0.5, 0.6) is 0 Å². The molecule has 1 aliphatic carbocycles. The van der Waals surface area contributed by atoms with Gasteiger partial charge >= 0.3 is 15.9 Å². The average molecular weight is 564 g/mol. The van der Waals surface area contributed by atoms with Crippen LogP contribution in [-0.4, -0.2) is 44.3 Å². The Bertz CT molecular complexity index is 1610. The summed E-state index contributed by atoms with van der Waals surface area (Å²) >= 11 is 0. The molecule has 2 N–H and O–H groups in total. The van der Waals surface area contributed by atoms with Gasteiger partial charge in [0.05, 0.1) is 12.3 Å². The third kappa shape index (κ3) is 3.92. The van der Waals surface area contributed by atoms with Gasteiger partial charge in [0.15, 0.2) is 5.69 Å². The number of nitrogens with one attached hydrogen (secondary N) is 2. The molecule has 8 nitrogen and oxygen atoms in total. The van der Waals surface area contributed by atoms with Gasteiger partial charge in [-0.15, -0.1) is 3.89 Å². The minimum atomic E-state index is -4.36. The maximum absolute atomic E-state index is 14.7. The van der Waals surface area contributed by atoms with E-state index in [0.29, 0.717) is 43.0 Å². The summed E-state index contributed by atoms with van der Waals surface area (Å²) < 4.78 is 42.3. The molecule has 10 heteroatoms. The standard InChI is InChI=1S/C30H31FN4O4S/c1-19-4-3-5-27(33-19)34-29(37)22-8-13-26-25(18-22)30(14-16-32-17-15-30)28(21-6-7-21)35(26,20(2)36)40(38,39)24-11-9-23(31)10-12-24/h3-5,8-13,18,21,28,32H,6-7,14-17H2,1-2H3/p+1. The molecule has 0 bridgehead atoms. The van der Waals surface area contributed by atoms with Crippen molar-refractivity contribution >= 4 is 33.3 Å². The van der Waals surface area contributed by atoms with E-state index in [1.54, 1.807) is 24.3 Å². The molecular weight excluding hydrogens is 531 g/mol. The Labute approximate surface area is 233 Å². The SMILES string of the molecule is CC(=O)[N+]1(S(=O)(=O)c2ccc(F)cc2)c2ccc(C(=O)Nc3cccc(C)n3)cc2C2(CCNCC2)C1C1CC1. The number of hydrogen-bond donors (Lipinski definition) is 2. The van der Waals surface area contributed by atoms with Gasteiger partial charge in [-0.3, -0.25) is 4.79 Å². The van der Waals surface area contributed by atoms with Crippen LogP contribution < -0.4 is 14.5 Å². The van der Waals surface area contributed by atoms with Gasteiger partial charge < -0.3 is 10.6 Å². The molecule has 40 heavy (non-hydrogen) atoms. The molecule has 1 saturated carbocycles. The number of quaternary nitrogens is 1.